The van der Waals surface area contributed by atoms with E-state index in [0.717, 1.165) is 57.6 Å². The molecule has 0 aliphatic carbocycles. The van der Waals surface area contributed by atoms with Gasteiger partial charge in [-0.25, -0.2) is 0 Å². The predicted octanol–water partition coefficient (Wildman–Crippen LogP) is 4.81. The fourth-order valence-corrected chi connectivity index (χ4v) is 4.50. The molecule has 1 aliphatic heterocycles. The summed E-state index contributed by atoms with van der Waals surface area (Å²) in [6.07, 6.45) is 3.92. The van der Waals surface area contributed by atoms with Crippen molar-refractivity contribution in [2.24, 2.45) is 0 Å². The van der Waals surface area contributed by atoms with Crippen LogP contribution >= 0.6 is 0 Å². The van der Waals surface area contributed by atoms with Crippen molar-refractivity contribution in [1.29, 1.82) is 0 Å². The van der Waals surface area contributed by atoms with Gasteiger partial charge in [-0.05, 0) is 55.0 Å². The minimum atomic E-state index is -0.487. The lowest BCUT2D eigenvalue weighted by Gasteiger charge is -2.36. The van der Waals surface area contributed by atoms with Crippen LogP contribution in [0.5, 0.6) is 5.75 Å². The Morgan fingerprint density at radius 3 is 2.12 bits per heavy atom. The van der Waals surface area contributed by atoms with Crippen molar-refractivity contribution in [1.82, 2.24) is 4.90 Å². The van der Waals surface area contributed by atoms with Crippen molar-refractivity contribution in [2.75, 3.05) is 44.2 Å². The molecule has 4 rings (SSSR count). The van der Waals surface area contributed by atoms with Crippen LogP contribution in [0.2, 0.25) is 0 Å². The first-order chi connectivity index (χ1) is 16.3. The van der Waals surface area contributed by atoms with Gasteiger partial charge in [-0.15, -0.1) is 0 Å². The van der Waals surface area contributed by atoms with E-state index in [1.54, 1.807) is 0 Å². The number of unbranched alkanes of at least 4 members (excludes halogenated alkanes) is 1. The quantitative estimate of drug-likeness (QED) is 0.431. The van der Waals surface area contributed by atoms with Crippen LogP contribution in [-0.4, -0.2) is 55.4 Å². The minimum absolute atomic E-state index is 0.333. The van der Waals surface area contributed by atoms with Crippen LogP contribution in [0.15, 0.2) is 84.9 Å². The molecule has 1 saturated heterocycles. The second-order valence-electron chi connectivity index (χ2n) is 8.89. The van der Waals surface area contributed by atoms with Crippen LogP contribution in [0.25, 0.3) is 0 Å². The highest BCUT2D eigenvalue weighted by Crippen LogP contribution is 2.21. The third-order valence-electron chi connectivity index (χ3n) is 6.37. The Hall–Kier alpha value is -2.82. The summed E-state index contributed by atoms with van der Waals surface area (Å²) in [4.78, 5) is 4.75. The maximum atomic E-state index is 10.6. The molecule has 4 nitrogen and oxygen atoms in total. The Morgan fingerprint density at radius 1 is 0.727 bits per heavy atom. The number of hydrogen-bond donors (Lipinski definition) is 1. The van der Waals surface area contributed by atoms with Crippen LogP contribution < -0.4 is 9.64 Å². The molecule has 0 amide bonds. The van der Waals surface area contributed by atoms with Gasteiger partial charge in [-0.1, -0.05) is 66.7 Å². The molecule has 0 aromatic heterocycles. The highest BCUT2D eigenvalue weighted by Gasteiger charge is 2.20. The molecule has 0 spiro atoms. The molecule has 1 unspecified atom stereocenters. The molecule has 0 saturated carbocycles. The molecule has 1 fully saturated rings. The monoisotopic (exact) mass is 444 g/mol. The van der Waals surface area contributed by atoms with Gasteiger partial charge in [0.05, 0.1) is 0 Å². The Labute approximate surface area is 198 Å². The van der Waals surface area contributed by atoms with Crippen molar-refractivity contribution in [3.05, 3.63) is 96.1 Å². The average molecular weight is 445 g/mol. The first kappa shape index (κ1) is 23.3. The van der Waals surface area contributed by atoms with Gasteiger partial charge < -0.3 is 14.7 Å². The number of β-amino-alcohol motifs (C(OH)–C–C–N with tert-alkyl or cyclic N) is 1. The van der Waals surface area contributed by atoms with Crippen molar-refractivity contribution in [3.63, 3.8) is 0 Å². The Kier molecular flexibility index (Phi) is 8.79. The lowest BCUT2D eigenvalue weighted by Crippen LogP contribution is -2.49. The molecule has 1 atom stereocenters. The number of benzene rings is 3. The van der Waals surface area contributed by atoms with E-state index in [9.17, 15) is 5.11 Å². The molecular formula is C29H36N2O2. The molecule has 33 heavy (non-hydrogen) atoms. The number of rotatable bonds is 11. The SMILES string of the molecule is OC(COc1ccccc1CCCCc1ccccc1)CN1CCN(c2ccccc2)CC1. The summed E-state index contributed by atoms with van der Waals surface area (Å²) >= 11 is 0. The van der Waals surface area contributed by atoms with E-state index in [4.69, 9.17) is 4.74 Å². The third-order valence-corrected chi connectivity index (χ3v) is 6.37. The van der Waals surface area contributed by atoms with E-state index in [0.29, 0.717) is 13.2 Å². The largest absolute Gasteiger partial charge is 0.491 e. The molecule has 1 N–H and O–H groups in total. The van der Waals surface area contributed by atoms with Crippen molar-refractivity contribution in [2.45, 2.75) is 31.8 Å². The molecule has 3 aromatic rings. The number of aliphatic hydroxyl groups excluding tert-OH is 1. The van der Waals surface area contributed by atoms with Crippen LogP contribution in [0.4, 0.5) is 5.69 Å². The highest BCUT2D eigenvalue weighted by atomic mass is 16.5. The lowest BCUT2D eigenvalue weighted by atomic mass is 10.0. The third kappa shape index (κ3) is 7.34. The molecule has 4 heteroatoms. The number of piperazine rings is 1. The lowest BCUT2D eigenvalue weighted by molar-refractivity contribution is 0.0660. The van der Waals surface area contributed by atoms with Crippen LogP contribution in [0, 0.1) is 0 Å². The predicted molar refractivity (Wildman–Crippen MR) is 136 cm³/mol. The average Bonchev–Trinajstić information content (AvgIpc) is 2.87. The number of hydrogen-bond acceptors (Lipinski definition) is 4. The molecule has 3 aromatic carbocycles. The number of para-hydroxylation sites is 2. The van der Waals surface area contributed by atoms with Gasteiger partial charge in [-0.3, -0.25) is 4.90 Å². The summed E-state index contributed by atoms with van der Waals surface area (Å²) in [6.45, 7) is 4.89. The van der Waals surface area contributed by atoms with Crippen LogP contribution in [0.3, 0.4) is 0 Å². The normalized spacial score (nSPS) is 15.4. The van der Waals surface area contributed by atoms with Gasteiger partial charge in [0.2, 0.25) is 0 Å². The van der Waals surface area contributed by atoms with E-state index in [-0.39, 0.29) is 0 Å². The Bertz CT molecular complexity index is 940. The maximum Gasteiger partial charge on any atom is 0.122 e. The van der Waals surface area contributed by atoms with Crippen molar-refractivity contribution >= 4 is 5.69 Å². The zero-order valence-corrected chi connectivity index (χ0v) is 19.5. The van der Waals surface area contributed by atoms with Crippen LogP contribution in [-0.2, 0) is 12.8 Å². The minimum Gasteiger partial charge on any atom is -0.491 e. The number of aryl methyl sites for hydroxylation is 2. The molecule has 174 valence electrons. The fourth-order valence-electron chi connectivity index (χ4n) is 4.50. The van der Waals surface area contributed by atoms with Crippen LogP contribution in [0.1, 0.15) is 24.0 Å². The summed E-state index contributed by atoms with van der Waals surface area (Å²) in [5.41, 5.74) is 3.91. The summed E-state index contributed by atoms with van der Waals surface area (Å²) in [5.74, 6) is 0.908. The maximum absolute atomic E-state index is 10.6. The van der Waals surface area contributed by atoms with E-state index in [2.05, 4.69) is 82.6 Å². The standard InChI is InChI=1S/C29H36N2O2/c32-28(23-30-19-21-31(22-20-30)27-16-5-2-6-17-27)24-33-29-18-10-9-15-26(29)14-8-7-13-25-11-3-1-4-12-25/h1-6,9-12,15-18,28,32H,7-8,13-14,19-24H2. The first-order valence-corrected chi connectivity index (χ1v) is 12.2. The second kappa shape index (κ2) is 12.4. The molecular weight excluding hydrogens is 408 g/mol. The van der Waals surface area contributed by atoms with Gasteiger partial charge in [-0.2, -0.15) is 0 Å². The van der Waals surface area contributed by atoms with E-state index in [1.165, 1.54) is 16.8 Å². The highest BCUT2D eigenvalue weighted by molar-refractivity contribution is 5.46. The van der Waals surface area contributed by atoms with E-state index < -0.39 is 6.10 Å². The summed E-state index contributed by atoms with van der Waals surface area (Å²) < 4.78 is 6.06. The second-order valence-corrected chi connectivity index (χ2v) is 8.89. The number of ether oxygens (including phenoxy) is 1. The summed E-state index contributed by atoms with van der Waals surface area (Å²) in [7, 11) is 0. The summed E-state index contributed by atoms with van der Waals surface area (Å²) in [6, 6.07) is 29.5. The number of nitrogens with zero attached hydrogens (tertiary/aromatic N) is 2. The fraction of sp³-hybridized carbons (Fsp3) is 0.379. The topological polar surface area (TPSA) is 35.9 Å². The van der Waals surface area contributed by atoms with Gasteiger partial charge in [0.1, 0.15) is 18.5 Å². The molecule has 1 aliphatic rings. The number of aliphatic hydroxyl groups is 1. The Morgan fingerprint density at radius 2 is 1.36 bits per heavy atom. The van der Waals surface area contributed by atoms with Gasteiger partial charge in [0, 0.05) is 38.4 Å². The molecule has 1 heterocycles. The summed E-state index contributed by atoms with van der Waals surface area (Å²) in [5, 5.41) is 10.6. The van der Waals surface area contributed by atoms with E-state index in [1.807, 2.05) is 12.1 Å². The Balaban J connectivity index is 1.17. The zero-order chi connectivity index (χ0) is 22.7. The molecule has 0 radical (unpaired) electrons. The van der Waals surface area contributed by atoms with Crippen molar-refractivity contribution in [3.8, 4) is 5.75 Å². The van der Waals surface area contributed by atoms with Gasteiger partial charge in [0.25, 0.3) is 0 Å². The first-order valence-electron chi connectivity index (χ1n) is 12.2. The smallest absolute Gasteiger partial charge is 0.122 e. The van der Waals surface area contributed by atoms with Gasteiger partial charge >= 0.3 is 0 Å². The zero-order valence-electron chi connectivity index (χ0n) is 19.5. The number of anilines is 1. The molecule has 0 bridgehead atoms. The van der Waals surface area contributed by atoms with Gasteiger partial charge in [0.15, 0.2) is 0 Å². The van der Waals surface area contributed by atoms with Crippen molar-refractivity contribution < 1.29 is 9.84 Å². The van der Waals surface area contributed by atoms with E-state index >= 15 is 0 Å².